The molecule has 3 heterocycles. The monoisotopic (exact) mass is 347 g/mol. The molecule has 120 valence electrons. The molecule has 10 nitrogen and oxygen atoms in total. The maximum absolute atomic E-state index is 12.3. The van der Waals surface area contributed by atoms with Crippen LogP contribution in [-0.2, 0) is 21.6 Å². The number of nitrogens with zero attached hydrogens (tertiary/aromatic N) is 4. The highest BCUT2D eigenvalue weighted by Gasteiger charge is 2.60. The van der Waals surface area contributed by atoms with Crippen LogP contribution in [0.2, 0.25) is 0 Å². The predicted molar refractivity (Wildman–Crippen MR) is 74.5 cm³/mol. The molecule has 2 atom stereocenters. The van der Waals surface area contributed by atoms with E-state index in [1.807, 2.05) is 0 Å². The summed E-state index contributed by atoms with van der Waals surface area (Å²) in [6, 6.07) is -2.20. The van der Waals surface area contributed by atoms with Crippen molar-refractivity contribution in [2.75, 3.05) is 6.54 Å². The Morgan fingerprint density at radius 2 is 2.32 bits per heavy atom. The molecule has 3 rings (SSSR count). The van der Waals surface area contributed by atoms with Gasteiger partial charge in [0.2, 0.25) is 0 Å². The zero-order chi connectivity index (χ0) is 16.1. The Kier molecular flexibility index (Phi) is 3.55. The van der Waals surface area contributed by atoms with Gasteiger partial charge in [0, 0.05) is 11.9 Å². The Labute approximate surface area is 130 Å². The van der Waals surface area contributed by atoms with Gasteiger partial charge in [-0.1, -0.05) is 0 Å². The number of β-lactam (4-membered cyclic amide) rings is 1. The van der Waals surface area contributed by atoms with E-state index in [4.69, 9.17) is 10.4 Å². The maximum atomic E-state index is 12.3. The van der Waals surface area contributed by atoms with Gasteiger partial charge in [-0.05, 0) is 6.42 Å². The molecular weight excluding hydrogens is 334 g/mol. The molecule has 3 N–H and O–H groups in total. The Bertz CT molecular complexity index is 705. The third kappa shape index (κ3) is 2.33. The highest BCUT2D eigenvalue weighted by Crippen LogP contribution is 2.35. The van der Waals surface area contributed by atoms with Crippen LogP contribution in [0.4, 0.5) is 4.79 Å². The van der Waals surface area contributed by atoms with Gasteiger partial charge < -0.3 is 4.90 Å². The molecule has 0 aliphatic carbocycles. The second kappa shape index (κ2) is 5.15. The number of urea groups is 1. The van der Waals surface area contributed by atoms with Crippen molar-refractivity contribution in [3.63, 3.8) is 0 Å². The second-order valence-corrected chi connectivity index (χ2v) is 7.00. The lowest BCUT2D eigenvalue weighted by Gasteiger charge is -2.42. The molecule has 22 heavy (non-hydrogen) atoms. The van der Waals surface area contributed by atoms with Gasteiger partial charge >= 0.3 is 16.3 Å². The van der Waals surface area contributed by atoms with Gasteiger partial charge in [-0.25, -0.2) is 19.9 Å². The van der Waals surface area contributed by atoms with Crippen molar-refractivity contribution in [3.8, 4) is 0 Å². The third-order valence-corrected chi connectivity index (χ3v) is 5.28. The van der Waals surface area contributed by atoms with Gasteiger partial charge in [-0.15, -0.1) is 11.3 Å². The van der Waals surface area contributed by atoms with Crippen LogP contribution in [0.3, 0.4) is 0 Å². The molecule has 2 saturated heterocycles. The van der Waals surface area contributed by atoms with Crippen LogP contribution < -0.4 is 5.84 Å². The number of amides is 3. The van der Waals surface area contributed by atoms with Crippen molar-refractivity contribution < 1.29 is 22.6 Å². The summed E-state index contributed by atoms with van der Waals surface area (Å²) in [5.74, 6) is 4.88. The summed E-state index contributed by atoms with van der Waals surface area (Å²) in [5.41, 5.74) is 2.23. The lowest BCUT2D eigenvalue weighted by molar-refractivity contribution is -0.143. The van der Waals surface area contributed by atoms with E-state index in [-0.39, 0.29) is 19.5 Å². The average Bonchev–Trinajstić information content (AvgIpc) is 3.03. The molecule has 2 aliphatic heterocycles. The molecule has 0 unspecified atom stereocenters. The van der Waals surface area contributed by atoms with Crippen molar-refractivity contribution in [1.82, 2.24) is 19.2 Å². The maximum Gasteiger partial charge on any atom is 0.362 e. The van der Waals surface area contributed by atoms with Gasteiger partial charge in [0.15, 0.2) is 0 Å². The van der Waals surface area contributed by atoms with E-state index < -0.39 is 34.3 Å². The van der Waals surface area contributed by atoms with Gasteiger partial charge in [-0.2, -0.15) is 8.42 Å². The SMILES string of the molecule is NN(Cc1cscn1)C(=O)N1CC[C@@H]2[C@H]1C(=O)N2S(=O)(=O)O. The molecule has 0 bridgehead atoms. The van der Waals surface area contributed by atoms with E-state index in [9.17, 15) is 18.0 Å². The zero-order valence-electron chi connectivity index (χ0n) is 11.2. The Balaban J connectivity index is 1.70. The summed E-state index contributed by atoms with van der Waals surface area (Å²) >= 11 is 1.37. The van der Waals surface area contributed by atoms with Gasteiger partial charge in [0.05, 0.1) is 23.8 Å². The van der Waals surface area contributed by atoms with Crippen LogP contribution in [0.1, 0.15) is 12.1 Å². The number of carbonyl (C=O) groups is 2. The van der Waals surface area contributed by atoms with E-state index in [0.717, 1.165) is 5.01 Å². The topological polar surface area (TPSA) is 137 Å². The van der Waals surface area contributed by atoms with Crippen molar-refractivity contribution in [3.05, 3.63) is 16.6 Å². The van der Waals surface area contributed by atoms with Crippen LogP contribution in [0.25, 0.3) is 0 Å². The highest BCUT2D eigenvalue weighted by atomic mass is 32.2. The summed E-state index contributed by atoms with van der Waals surface area (Å²) in [6.45, 7) is 0.281. The average molecular weight is 347 g/mol. The van der Waals surface area contributed by atoms with Crippen molar-refractivity contribution in [2.24, 2.45) is 5.84 Å². The Hall–Kier alpha value is -1.76. The number of thiazole rings is 1. The highest BCUT2D eigenvalue weighted by molar-refractivity contribution is 7.84. The molecule has 3 amide bonds. The van der Waals surface area contributed by atoms with Crippen LogP contribution in [-0.4, -0.2) is 62.7 Å². The number of carbonyl (C=O) groups excluding carboxylic acids is 2. The van der Waals surface area contributed by atoms with Crippen LogP contribution in [0, 0.1) is 0 Å². The van der Waals surface area contributed by atoms with Crippen LogP contribution in [0.15, 0.2) is 10.9 Å². The minimum atomic E-state index is -4.59. The summed E-state index contributed by atoms with van der Waals surface area (Å²) in [4.78, 5) is 29.4. The quantitative estimate of drug-likeness (QED) is 0.236. The molecule has 2 fully saturated rings. The van der Waals surface area contributed by atoms with Crippen LogP contribution >= 0.6 is 11.3 Å². The van der Waals surface area contributed by atoms with E-state index in [0.29, 0.717) is 10.00 Å². The largest absolute Gasteiger partial charge is 0.362 e. The van der Waals surface area contributed by atoms with Crippen molar-refractivity contribution in [1.29, 1.82) is 0 Å². The smallest absolute Gasteiger partial charge is 0.309 e. The number of rotatable bonds is 3. The summed E-state index contributed by atoms with van der Waals surface area (Å²) in [7, 11) is -4.59. The molecule has 0 saturated carbocycles. The zero-order valence-corrected chi connectivity index (χ0v) is 12.8. The number of hydrogen-bond donors (Lipinski definition) is 2. The molecule has 12 heteroatoms. The van der Waals surface area contributed by atoms with E-state index in [2.05, 4.69) is 4.98 Å². The first-order valence-corrected chi connectivity index (χ1v) is 8.65. The molecule has 1 aromatic heterocycles. The number of likely N-dealkylation sites (tertiary alicyclic amines) is 1. The van der Waals surface area contributed by atoms with Gasteiger partial charge in [0.25, 0.3) is 5.91 Å². The number of nitrogens with two attached hydrogens (primary N) is 1. The normalized spacial score (nSPS) is 24.2. The Morgan fingerprint density at radius 3 is 2.91 bits per heavy atom. The molecular formula is C10H13N5O5S2. The number of fused-ring (bicyclic) bond motifs is 1. The van der Waals surface area contributed by atoms with Gasteiger partial charge in [-0.3, -0.25) is 14.4 Å². The Morgan fingerprint density at radius 1 is 1.59 bits per heavy atom. The molecule has 1 aromatic rings. The molecule has 0 aromatic carbocycles. The fourth-order valence-corrected chi connectivity index (χ4v) is 4.20. The summed E-state index contributed by atoms with van der Waals surface area (Å²) in [5, 5.41) is 2.68. The first-order chi connectivity index (χ1) is 10.3. The summed E-state index contributed by atoms with van der Waals surface area (Å²) < 4.78 is 31.6. The standard InChI is InChI=1S/C10H13N5O5S2/c11-14(3-6-4-21-5-12-6)10(17)13-2-1-7-8(13)9(16)15(7)22(18,19)20/h4-5,7-8H,1-3,11H2,(H,18,19,20)/t7-,8+/m1/s1. The first kappa shape index (κ1) is 15.1. The molecule has 2 aliphatic rings. The minimum Gasteiger partial charge on any atom is -0.309 e. The van der Waals surface area contributed by atoms with Crippen molar-refractivity contribution >= 4 is 33.6 Å². The number of aromatic nitrogens is 1. The lowest BCUT2D eigenvalue weighted by atomic mass is 10.0. The van der Waals surface area contributed by atoms with E-state index >= 15 is 0 Å². The van der Waals surface area contributed by atoms with E-state index in [1.165, 1.54) is 16.2 Å². The summed E-state index contributed by atoms with van der Waals surface area (Å²) in [6.07, 6.45) is 0.270. The lowest BCUT2D eigenvalue weighted by Crippen LogP contribution is -2.69. The fourth-order valence-electron chi connectivity index (χ4n) is 2.75. The number of hydrogen-bond acceptors (Lipinski definition) is 7. The van der Waals surface area contributed by atoms with Gasteiger partial charge in [0.1, 0.15) is 6.04 Å². The van der Waals surface area contributed by atoms with Crippen molar-refractivity contribution in [2.45, 2.75) is 25.0 Å². The minimum absolute atomic E-state index is 0.0897. The fraction of sp³-hybridized carbons (Fsp3) is 0.500. The predicted octanol–water partition coefficient (Wildman–Crippen LogP) is -0.973. The van der Waals surface area contributed by atoms with Crippen LogP contribution in [0.5, 0.6) is 0 Å². The molecule has 0 radical (unpaired) electrons. The third-order valence-electron chi connectivity index (χ3n) is 3.69. The number of hydrazine groups is 1. The molecule has 0 spiro atoms. The van der Waals surface area contributed by atoms with E-state index in [1.54, 1.807) is 10.9 Å². The first-order valence-electron chi connectivity index (χ1n) is 6.31. The second-order valence-electron chi connectivity index (χ2n) is 5.00.